The zero-order valence-electron chi connectivity index (χ0n) is 18.9. The Morgan fingerprint density at radius 2 is 1.69 bits per heavy atom. The third-order valence-corrected chi connectivity index (χ3v) is 6.65. The number of fused-ring (bicyclic) bond motifs is 1. The maximum atomic E-state index is 14.9. The normalized spacial score (nSPS) is 19.3. The maximum absolute atomic E-state index is 14.9. The zero-order valence-corrected chi connectivity index (χ0v) is 18.9. The van der Waals surface area contributed by atoms with E-state index in [1.807, 2.05) is 0 Å². The molecular formula is C26H23F4NO4. The molecule has 0 saturated carbocycles. The molecule has 1 fully saturated rings. The predicted octanol–water partition coefficient (Wildman–Crippen LogP) is 5.60. The lowest BCUT2D eigenvalue weighted by Crippen LogP contribution is -2.35. The summed E-state index contributed by atoms with van der Waals surface area (Å²) in [6, 6.07) is 10.4. The summed E-state index contributed by atoms with van der Waals surface area (Å²) in [5, 5.41) is 13.1. The van der Waals surface area contributed by atoms with Crippen molar-refractivity contribution in [2.45, 2.75) is 45.1 Å². The van der Waals surface area contributed by atoms with Crippen LogP contribution in [0.4, 0.5) is 17.6 Å². The second-order valence-corrected chi connectivity index (χ2v) is 8.83. The fourth-order valence-corrected chi connectivity index (χ4v) is 4.18. The number of carboxylic acids is 1. The van der Waals surface area contributed by atoms with Crippen LogP contribution in [0.2, 0.25) is 0 Å². The highest BCUT2D eigenvalue weighted by Gasteiger charge is 2.56. The number of carbonyl (C=O) groups excluding carboxylic acids is 1. The molecule has 0 bridgehead atoms. The molecule has 4 rings (SSSR count). The number of hydrogen-bond donors (Lipinski definition) is 2. The highest BCUT2D eigenvalue weighted by atomic mass is 19.4. The minimum atomic E-state index is -4.47. The van der Waals surface area contributed by atoms with Gasteiger partial charge in [-0.15, -0.1) is 0 Å². The molecule has 1 aliphatic heterocycles. The molecule has 1 aliphatic rings. The lowest BCUT2D eigenvalue weighted by Gasteiger charge is -2.22. The first-order valence-corrected chi connectivity index (χ1v) is 11.0. The van der Waals surface area contributed by atoms with Crippen LogP contribution in [0.3, 0.4) is 0 Å². The van der Waals surface area contributed by atoms with Gasteiger partial charge >= 0.3 is 12.1 Å². The number of halogens is 4. The highest BCUT2D eigenvalue weighted by Crippen LogP contribution is 2.40. The van der Waals surface area contributed by atoms with Crippen LogP contribution in [0.15, 0.2) is 54.6 Å². The molecule has 3 aromatic carbocycles. The summed E-state index contributed by atoms with van der Waals surface area (Å²) in [7, 11) is 0. The Morgan fingerprint density at radius 3 is 2.26 bits per heavy atom. The minimum Gasteiger partial charge on any atom is -0.487 e. The number of aliphatic carboxylic acids is 1. The van der Waals surface area contributed by atoms with Crippen molar-refractivity contribution in [2.75, 3.05) is 0 Å². The molecule has 0 spiro atoms. The Labute approximate surface area is 198 Å². The number of ketones is 1. The van der Waals surface area contributed by atoms with Crippen molar-refractivity contribution in [1.29, 1.82) is 0 Å². The Balaban J connectivity index is 1.67. The number of nitrogens with one attached hydrogen (secondary N) is 1. The largest absolute Gasteiger partial charge is 0.487 e. The highest BCUT2D eigenvalue weighted by molar-refractivity contribution is 6.09. The predicted molar refractivity (Wildman–Crippen MR) is 121 cm³/mol. The van der Waals surface area contributed by atoms with Crippen LogP contribution in [0.5, 0.6) is 5.75 Å². The SMILES string of the molecule is CCC(C)(C(=O)O)C1NC1C(=O)c1cc(F)c2ccccc2c1OCc1ccc(C(F)(F)F)cc1. The summed E-state index contributed by atoms with van der Waals surface area (Å²) in [4.78, 5) is 25.1. The van der Waals surface area contributed by atoms with Crippen LogP contribution < -0.4 is 10.1 Å². The van der Waals surface area contributed by atoms with Gasteiger partial charge in [0.05, 0.1) is 22.6 Å². The number of Topliss-reactive ketones (excluding diaryl/α,β-unsaturated/α-hetero) is 1. The van der Waals surface area contributed by atoms with Crippen molar-refractivity contribution >= 4 is 22.5 Å². The molecule has 0 radical (unpaired) electrons. The van der Waals surface area contributed by atoms with E-state index in [4.69, 9.17) is 4.74 Å². The van der Waals surface area contributed by atoms with Gasteiger partial charge in [0.25, 0.3) is 0 Å². The molecule has 2 N–H and O–H groups in total. The Bertz CT molecular complexity index is 1290. The quantitative estimate of drug-likeness (QED) is 0.244. The first kappa shape index (κ1) is 24.7. The third-order valence-electron chi connectivity index (χ3n) is 6.65. The van der Waals surface area contributed by atoms with Crippen molar-refractivity contribution in [3.05, 3.63) is 77.1 Å². The average Bonchev–Trinajstić information content (AvgIpc) is 3.63. The van der Waals surface area contributed by atoms with Gasteiger partial charge in [0.2, 0.25) is 0 Å². The number of hydrogen-bond acceptors (Lipinski definition) is 4. The molecule has 9 heteroatoms. The molecule has 0 amide bonds. The summed E-state index contributed by atoms with van der Waals surface area (Å²) < 4.78 is 59.3. The van der Waals surface area contributed by atoms with E-state index < -0.39 is 46.8 Å². The number of carbonyl (C=O) groups is 2. The van der Waals surface area contributed by atoms with Gasteiger partial charge in [0, 0.05) is 16.8 Å². The van der Waals surface area contributed by atoms with E-state index in [2.05, 4.69) is 5.32 Å². The fourth-order valence-electron chi connectivity index (χ4n) is 4.18. The molecule has 1 heterocycles. The molecule has 3 aromatic rings. The van der Waals surface area contributed by atoms with Crippen molar-refractivity contribution in [3.8, 4) is 5.75 Å². The van der Waals surface area contributed by atoms with Crippen molar-refractivity contribution in [1.82, 2.24) is 5.32 Å². The number of ether oxygens (including phenoxy) is 1. The number of carboxylic acid groups (broad SMARTS) is 1. The maximum Gasteiger partial charge on any atom is 0.416 e. The third kappa shape index (κ3) is 4.60. The number of alkyl halides is 3. The lowest BCUT2D eigenvalue weighted by molar-refractivity contribution is -0.148. The Morgan fingerprint density at radius 1 is 1.06 bits per heavy atom. The standard InChI is InChI=1S/C26H23F4NO4/c1-3-25(2,24(33)34)23-20(31-23)21(32)18-12-19(27)16-6-4-5-7-17(16)22(18)35-13-14-8-10-15(11-9-14)26(28,29)30/h4-12,20,23,31H,3,13H2,1-2H3,(H,33,34). The van der Waals surface area contributed by atoms with Crippen LogP contribution in [-0.2, 0) is 17.6 Å². The van der Waals surface area contributed by atoms with Gasteiger partial charge in [0.1, 0.15) is 18.2 Å². The van der Waals surface area contributed by atoms with Gasteiger partial charge < -0.3 is 9.84 Å². The Hall–Kier alpha value is -3.46. The summed E-state index contributed by atoms with van der Waals surface area (Å²) in [6.45, 7) is 3.10. The van der Waals surface area contributed by atoms with E-state index in [1.165, 1.54) is 18.2 Å². The molecule has 5 nitrogen and oxygen atoms in total. The summed E-state index contributed by atoms with van der Waals surface area (Å²) in [5.74, 6) is -2.10. The Kier molecular flexibility index (Phi) is 6.31. The van der Waals surface area contributed by atoms with Crippen molar-refractivity contribution in [3.63, 3.8) is 0 Å². The average molecular weight is 489 g/mol. The van der Waals surface area contributed by atoms with Crippen LogP contribution in [-0.4, -0.2) is 28.9 Å². The lowest BCUT2D eigenvalue weighted by atomic mass is 9.81. The van der Waals surface area contributed by atoms with Crippen LogP contribution in [0, 0.1) is 11.2 Å². The van der Waals surface area contributed by atoms with Crippen molar-refractivity contribution < 1.29 is 37.0 Å². The summed E-state index contributed by atoms with van der Waals surface area (Å²) in [5.41, 5.74) is -1.61. The van der Waals surface area contributed by atoms with Crippen LogP contribution in [0.25, 0.3) is 10.8 Å². The second kappa shape index (κ2) is 8.96. The molecule has 3 unspecified atom stereocenters. The van der Waals surface area contributed by atoms with Crippen molar-refractivity contribution in [2.24, 2.45) is 5.41 Å². The van der Waals surface area contributed by atoms with Crippen LogP contribution in [0.1, 0.15) is 41.8 Å². The molecule has 0 aliphatic carbocycles. The van der Waals surface area contributed by atoms with E-state index in [0.717, 1.165) is 18.2 Å². The van der Waals surface area contributed by atoms with Gasteiger partial charge in [-0.3, -0.25) is 14.9 Å². The van der Waals surface area contributed by atoms with Crippen LogP contribution >= 0.6 is 0 Å². The van der Waals surface area contributed by atoms with Gasteiger partial charge in [-0.2, -0.15) is 13.2 Å². The monoisotopic (exact) mass is 489 g/mol. The minimum absolute atomic E-state index is 0.0584. The van der Waals surface area contributed by atoms with Gasteiger partial charge in [-0.05, 0) is 37.1 Å². The molecule has 3 atom stereocenters. The summed E-state index contributed by atoms with van der Waals surface area (Å²) in [6.07, 6.45) is -4.18. The van der Waals surface area contributed by atoms with E-state index >= 15 is 0 Å². The van der Waals surface area contributed by atoms with E-state index in [0.29, 0.717) is 10.9 Å². The molecule has 184 valence electrons. The molecular weight excluding hydrogens is 466 g/mol. The van der Waals surface area contributed by atoms with Gasteiger partial charge in [-0.1, -0.05) is 43.3 Å². The van der Waals surface area contributed by atoms with E-state index in [-0.39, 0.29) is 29.7 Å². The topological polar surface area (TPSA) is 85.5 Å². The first-order valence-electron chi connectivity index (χ1n) is 11.0. The number of rotatable bonds is 8. The first-order chi connectivity index (χ1) is 16.5. The number of benzene rings is 3. The molecule has 35 heavy (non-hydrogen) atoms. The molecule has 0 aromatic heterocycles. The van der Waals surface area contributed by atoms with Gasteiger partial charge in [0.15, 0.2) is 5.78 Å². The zero-order chi connectivity index (χ0) is 25.5. The fraction of sp³-hybridized carbons (Fsp3) is 0.308. The smallest absolute Gasteiger partial charge is 0.416 e. The van der Waals surface area contributed by atoms with E-state index in [1.54, 1.807) is 32.0 Å². The van der Waals surface area contributed by atoms with Gasteiger partial charge in [-0.25, -0.2) is 4.39 Å². The molecule has 1 saturated heterocycles. The second-order valence-electron chi connectivity index (χ2n) is 8.83. The van der Waals surface area contributed by atoms with E-state index in [9.17, 15) is 32.3 Å². The summed E-state index contributed by atoms with van der Waals surface area (Å²) >= 11 is 0.